The molecule has 0 bridgehead atoms. The highest BCUT2D eigenvalue weighted by Crippen LogP contribution is 2.17. The van der Waals surface area contributed by atoms with Crippen molar-refractivity contribution in [3.05, 3.63) is 82.1 Å². The first kappa shape index (κ1) is 17.6. The number of carbonyl (C=O) groups is 1. The molecule has 1 aliphatic heterocycles. The lowest BCUT2D eigenvalue weighted by molar-refractivity contribution is -0.117. The van der Waals surface area contributed by atoms with E-state index < -0.39 is 0 Å². The molecule has 0 unspecified atom stereocenters. The first-order valence-corrected chi connectivity index (χ1v) is 8.67. The Hall–Kier alpha value is -2.17. The fraction of sp³-hybridized carbons (Fsp3) is 0.250. The van der Waals surface area contributed by atoms with Crippen molar-refractivity contribution in [1.29, 1.82) is 0 Å². The van der Waals surface area contributed by atoms with E-state index in [1.165, 1.54) is 6.07 Å². The monoisotopic (exact) mass is 358 g/mol. The minimum Gasteiger partial charge on any atom is -0.348 e. The molecule has 1 heterocycles. The summed E-state index contributed by atoms with van der Waals surface area (Å²) in [4.78, 5) is 14.5. The summed E-state index contributed by atoms with van der Waals surface area (Å²) in [5.41, 5.74) is 2.64. The van der Waals surface area contributed by atoms with Gasteiger partial charge in [0, 0.05) is 36.8 Å². The lowest BCUT2D eigenvalue weighted by atomic mass is 10.1. The van der Waals surface area contributed by atoms with Crippen LogP contribution in [0, 0.1) is 5.82 Å². The van der Waals surface area contributed by atoms with Crippen molar-refractivity contribution in [2.45, 2.75) is 19.5 Å². The smallest absolute Gasteiger partial charge is 0.247 e. The maximum atomic E-state index is 13.2. The van der Waals surface area contributed by atoms with Crippen LogP contribution in [0.3, 0.4) is 0 Å². The Kier molecular flexibility index (Phi) is 5.84. The molecule has 2 aromatic rings. The van der Waals surface area contributed by atoms with Gasteiger partial charge in [0.15, 0.2) is 0 Å². The summed E-state index contributed by atoms with van der Waals surface area (Å²) in [6.07, 6.45) is 2.63. The average molecular weight is 359 g/mol. The molecular weight excluding hydrogens is 339 g/mol. The minimum atomic E-state index is -0.218. The first-order valence-electron chi connectivity index (χ1n) is 8.29. The Balaban J connectivity index is 1.52. The van der Waals surface area contributed by atoms with Gasteiger partial charge in [-0.3, -0.25) is 9.69 Å². The summed E-state index contributed by atoms with van der Waals surface area (Å²) < 4.78 is 13.2. The molecule has 1 N–H and O–H groups in total. The number of benzene rings is 2. The molecular formula is C20H20ClFN2O. The maximum absolute atomic E-state index is 13.2. The quantitative estimate of drug-likeness (QED) is 0.878. The van der Waals surface area contributed by atoms with Crippen LogP contribution in [0.1, 0.15) is 17.5 Å². The van der Waals surface area contributed by atoms with Crippen molar-refractivity contribution in [3.8, 4) is 0 Å². The molecule has 0 spiro atoms. The van der Waals surface area contributed by atoms with E-state index in [0.717, 1.165) is 23.2 Å². The van der Waals surface area contributed by atoms with Crippen LogP contribution in [-0.4, -0.2) is 23.9 Å². The van der Waals surface area contributed by atoms with Crippen LogP contribution in [0.4, 0.5) is 4.39 Å². The van der Waals surface area contributed by atoms with Gasteiger partial charge in [-0.25, -0.2) is 4.39 Å². The minimum absolute atomic E-state index is 0.0506. The molecule has 0 saturated heterocycles. The summed E-state index contributed by atoms with van der Waals surface area (Å²) in [6, 6.07) is 14.1. The van der Waals surface area contributed by atoms with E-state index in [1.807, 2.05) is 36.4 Å². The van der Waals surface area contributed by atoms with Crippen LogP contribution >= 0.6 is 11.6 Å². The molecule has 0 atom stereocenters. The number of amides is 1. The van der Waals surface area contributed by atoms with E-state index in [1.54, 1.807) is 12.1 Å². The molecule has 0 fully saturated rings. The van der Waals surface area contributed by atoms with Gasteiger partial charge in [0.05, 0.1) is 0 Å². The topological polar surface area (TPSA) is 32.3 Å². The number of nitrogens with zero attached hydrogens (tertiary/aromatic N) is 1. The molecule has 3 nitrogen and oxygen atoms in total. The van der Waals surface area contributed by atoms with Crippen molar-refractivity contribution in [2.24, 2.45) is 0 Å². The first-order chi connectivity index (χ1) is 12.1. The molecule has 0 saturated carbocycles. The fourth-order valence-electron chi connectivity index (χ4n) is 2.89. The highest BCUT2D eigenvalue weighted by atomic mass is 35.5. The molecule has 0 radical (unpaired) electrons. The third-order valence-corrected chi connectivity index (χ3v) is 4.65. The summed E-state index contributed by atoms with van der Waals surface area (Å²) >= 11 is 6.10. The largest absolute Gasteiger partial charge is 0.348 e. The van der Waals surface area contributed by atoms with Gasteiger partial charge in [-0.15, -0.1) is 0 Å². The third kappa shape index (κ3) is 4.91. The molecule has 0 aliphatic carbocycles. The normalized spacial score (nSPS) is 14.9. The van der Waals surface area contributed by atoms with E-state index >= 15 is 0 Å². The second-order valence-corrected chi connectivity index (χ2v) is 6.53. The lowest BCUT2D eigenvalue weighted by Gasteiger charge is -2.26. The Labute approximate surface area is 152 Å². The Bertz CT molecular complexity index is 791. The van der Waals surface area contributed by atoms with E-state index in [0.29, 0.717) is 31.1 Å². The van der Waals surface area contributed by atoms with Gasteiger partial charge in [0.2, 0.25) is 5.91 Å². The van der Waals surface area contributed by atoms with Crippen molar-refractivity contribution in [2.75, 3.05) is 13.1 Å². The van der Waals surface area contributed by atoms with Gasteiger partial charge < -0.3 is 5.32 Å². The molecule has 0 aromatic heterocycles. The average Bonchev–Trinajstić information content (AvgIpc) is 2.61. The fourth-order valence-corrected chi connectivity index (χ4v) is 3.09. The van der Waals surface area contributed by atoms with Crippen LogP contribution in [0.5, 0.6) is 0 Å². The van der Waals surface area contributed by atoms with Gasteiger partial charge in [0.25, 0.3) is 0 Å². The molecule has 5 heteroatoms. The molecule has 1 aliphatic rings. The zero-order chi connectivity index (χ0) is 17.6. The van der Waals surface area contributed by atoms with Crippen molar-refractivity contribution in [3.63, 3.8) is 0 Å². The highest BCUT2D eigenvalue weighted by molar-refractivity contribution is 6.31. The lowest BCUT2D eigenvalue weighted by Crippen LogP contribution is -2.33. The second kappa shape index (κ2) is 8.28. The number of hydrogen-bond acceptors (Lipinski definition) is 2. The number of halogens is 2. The molecule has 25 heavy (non-hydrogen) atoms. The SMILES string of the molecule is O=C(NCc1ccccc1Cl)C1=CCN(Cc2cccc(F)c2)CC1. The van der Waals surface area contributed by atoms with Crippen LogP contribution in [0.2, 0.25) is 5.02 Å². The Morgan fingerprint density at radius 2 is 2.04 bits per heavy atom. The van der Waals surface area contributed by atoms with Crippen LogP contribution in [0.15, 0.2) is 60.2 Å². The van der Waals surface area contributed by atoms with Crippen LogP contribution in [0.25, 0.3) is 0 Å². The van der Waals surface area contributed by atoms with Crippen LogP contribution < -0.4 is 5.32 Å². The molecule has 130 valence electrons. The van der Waals surface area contributed by atoms with Gasteiger partial charge in [0.1, 0.15) is 5.82 Å². The second-order valence-electron chi connectivity index (χ2n) is 6.12. The number of nitrogens with one attached hydrogen (secondary N) is 1. The predicted octanol–water partition coefficient (Wildman–Crippen LogP) is 3.93. The standard InChI is InChI=1S/C20H20ClFN2O/c21-19-7-2-1-5-17(19)13-23-20(25)16-8-10-24(11-9-16)14-15-4-3-6-18(22)12-15/h1-8,12H,9-11,13-14H2,(H,23,25). The van der Waals surface area contributed by atoms with E-state index in [4.69, 9.17) is 11.6 Å². The van der Waals surface area contributed by atoms with Gasteiger partial charge in [-0.2, -0.15) is 0 Å². The summed E-state index contributed by atoms with van der Waals surface area (Å²) in [7, 11) is 0. The Morgan fingerprint density at radius 3 is 2.76 bits per heavy atom. The van der Waals surface area contributed by atoms with Crippen molar-refractivity contribution >= 4 is 17.5 Å². The predicted molar refractivity (Wildman–Crippen MR) is 97.7 cm³/mol. The van der Waals surface area contributed by atoms with Crippen molar-refractivity contribution in [1.82, 2.24) is 10.2 Å². The molecule has 2 aromatic carbocycles. The number of rotatable bonds is 5. The van der Waals surface area contributed by atoms with Crippen LogP contribution in [-0.2, 0) is 17.9 Å². The van der Waals surface area contributed by atoms with Gasteiger partial charge in [-0.05, 0) is 35.7 Å². The number of carbonyl (C=O) groups excluding carboxylic acids is 1. The van der Waals surface area contributed by atoms with E-state index in [-0.39, 0.29) is 11.7 Å². The van der Waals surface area contributed by atoms with Crippen molar-refractivity contribution < 1.29 is 9.18 Å². The number of hydrogen-bond donors (Lipinski definition) is 1. The maximum Gasteiger partial charge on any atom is 0.247 e. The highest BCUT2D eigenvalue weighted by Gasteiger charge is 2.17. The third-order valence-electron chi connectivity index (χ3n) is 4.28. The van der Waals surface area contributed by atoms with E-state index in [9.17, 15) is 9.18 Å². The summed E-state index contributed by atoms with van der Waals surface area (Å²) in [6.45, 7) is 2.57. The molecule has 3 rings (SSSR count). The van der Waals surface area contributed by atoms with Gasteiger partial charge in [-0.1, -0.05) is 48.0 Å². The molecule has 1 amide bonds. The summed E-state index contributed by atoms with van der Waals surface area (Å²) in [5.74, 6) is -0.269. The van der Waals surface area contributed by atoms with Gasteiger partial charge >= 0.3 is 0 Å². The van der Waals surface area contributed by atoms with E-state index in [2.05, 4.69) is 10.2 Å². The summed E-state index contributed by atoms with van der Waals surface area (Å²) in [5, 5.41) is 3.58. The zero-order valence-corrected chi connectivity index (χ0v) is 14.6. The zero-order valence-electron chi connectivity index (χ0n) is 13.8. The Morgan fingerprint density at radius 1 is 1.20 bits per heavy atom.